The Morgan fingerprint density at radius 3 is 2.62 bits per heavy atom. The summed E-state index contributed by atoms with van der Waals surface area (Å²) in [6, 6.07) is 10.6. The molecule has 1 fully saturated rings. The van der Waals surface area contributed by atoms with E-state index in [1.165, 1.54) is 6.07 Å². The fourth-order valence-electron chi connectivity index (χ4n) is 2.70. The molecule has 6 heteroatoms. The quantitative estimate of drug-likeness (QED) is 0.926. The molecule has 1 atom stereocenters. The van der Waals surface area contributed by atoms with E-state index >= 15 is 0 Å². The molecule has 0 spiro atoms. The van der Waals surface area contributed by atoms with E-state index in [4.69, 9.17) is 11.6 Å². The van der Waals surface area contributed by atoms with E-state index in [9.17, 15) is 14.0 Å². The molecule has 1 aliphatic rings. The Morgan fingerprint density at radius 2 is 1.96 bits per heavy atom. The summed E-state index contributed by atoms with van der Waals surface area (Å²) in [5.74, 6) is -1.16. The number of anilines is 1. The van der Waals surface area contributed by atoms with Crippen LogP contribution in [-0.4, -0.2) is 24.4 Å². The summed E-state index contributed by atoms with van der Waals surface area (Å²) in [5.41, 5.74) is 2.07. The maximum absolute atomic E-state index is 13.1. The van der Waals surface area contributed by atoms with E-state index in [0.717, 1.165) is 23.4 Å². The smallest absolute Gasteiger partial charge is 0.253 e. The lowest BCUT2D eigenvalue weighted by Gasteiger charge is -2.17. The van der Waals surface area contributed by atoms with Crippen molar-refractivity contribution >= 4 is 29.1 Å². The second-order valence-corrected chi connectivity index (χ2v) is 6.17. The van der Waals surface area contributed by atoms with Crippen LogP contribution in [0.4, 0.5) is 10.1 Å². The monoisotopic (exact) mass is 346 g/mol. The van der Waals surface area contributed by atoms with Crippen molar-refractivity contribution in [1.82, 2.24) is 5.32 Å². The lowest BCUT2D eigenvalue weighted by atomic mass is 10.1. The lowest BCUT2D eigenvalue weighted by molar-refractivity contribution is -0.118. The highest BCUT2D eigenvalue weighted by Crippen LogP contribution is 2.23. The van der Waals surface area contributed by atoms with Gasteiger partial charge >= 0.3 is 0 Å². The Balaban J connectivity index is 1.71. The van der Waals surface area contributed by atoms with E-state index in [1.54, 1.807) is 4.90 Å². The van der Waals surface area contributed by atoms with Crippen molar-refractivity contribution in [3.05, 3.63) is 64.4 Å². The molecule has 0 bridgehead atoms. The van der Waals surface area contributed by atoms with Crippen molar-refractivity contribution in [3.63, 3.8) is 0 Å². The second kappa shape index (κ2) is 6.61. The van der Waals surface area contributed by atoms with Gasteiger partial charge in [0.05, 0.1) is 10.6 Å². The molecule has 0 aliphatic carbocycles. The summed E-state index contributed by atoms with van der Waals surface area (Å²) in [6.07, 6.45) is 0.511. The van der Waals surface area contributed by atoms with Crippen LogP contribution in [-0.2, 0) is 4.79 Å². The largest absolute Gasteiger partial charge is 0.340 e. The molecule has 1 N–H and O–H groups in total. The number of halogens is 2. The second-order valence-electron chi connectivity index (χ2n) is 5.76. The molecule has 2 aromatic rings. The molecule has 3 rings (SSSR count). The Labute approximate surface area is 144 Å². The molecular weight excluding hydrogens is 331 g/mol. The van der Waals surface area contributed by atoms with Gasteiger partial charge in [0, 0.05) is 12.2 Å². The van der Waals surface area contributed by atoms with Crippen LogP contribution in [0.15, 0.2) is 42.5 Å². The van der Waals surface area contributed by atoms with E-state index in [-0.39, 0.29) is 16.5 Å². The first-order valence-corrected chi connectivity index (χ1v) is 7.97. The topological polar surface area (TPSA) is 49.4 Å². The zero-order valence-corrected chi connectivity index (χ0v) is 13.8. The van der Waals surface area contributed by atoms with Crippen LogP contribution in [0.5, 0.6) is 0 Å². The number of nitrogens with zero attached hydrogens (tertiary/aromatic N) is 1. The van der Waals surface area contributed by atoms with Crippen LogP contribution in [0.25, 0.3) is 0 Å². The van der Waals surface area contributed by atoms with Gasteiger partial charge in [-0.3, -0.25) is 9.59 Å². The highest BCUT2D eigenvalue weighted by molar-refractivity contribution is 6.33. The van der Waals surface area contributed by atoms with Crippen molar-refractivity contribution in [2.45, 2.75) is 19.4 Å². The van der Waals surface area contributed by atoms with Crippen molar-refractivity contribution in [2.75, 3.05) is 11.4 Å². The highest BCUT2D eigenvalue weighted by atomic mass is 35.5. The van der Waals surface area contributed by atoms with E-state index in [1.807, 2.05) is 31.2 Å². The first kappa shape index (κ1) is 16.5. The number of hydrogen-bond donors (Lipinski definition) is 1. The molecule has 24 heavy (non-hydrogen) atoms. The highest BCUT2D eigenvalue weighted by Gasteiger charge is 2.34. The molecule has 1 saturated heterocycles. The summed E-state index contributed by atoms with van der Waals surface area (Å²) in [6.45, 7) is 2.51. The van der Waals surface area contributed by atoms with Crippen molar-refractivity contribution in [3.8, 4) is 0 Å². The van der Waals surface area contributed by atoms with Gasteiger partial charge < -0.3 is 10.2 Å². The Morgan fingerprint density at radius 1 is 1.25 bits per heavy atom. The Bertz CT molecular complexity index is 792. The van der Waals surface area contributed by atoms with Gasteiger partial charge in [0.1, 0.15) is 11.9 Å². The predicted molar refractivity (Wildman–Crippen MR) is 90.8 cm³/mol. The van der Waals surface area contributed by atoms with E-state index in [2.05, 4.69) is 5.32 Å². The maximum Gasteiger partial charge on any atom is 0.253 e. The third-order valence-electron chi connectivity index (χ3n) is 4.03. The minimum Gasteiger partial charge on any atom is -0.340 e. The molecule has 1 heterocycles. The fourth-order valence-corrected chi connectivity index (χ4v) is 2.96. The van der Waals surface area contributed by atoms with Crippen LogP contribution >= 0.6 is 11.6 Å². The SMILES string of the molecule is Cc1ccc(N2CC[C@H](NC(=O)c3ccc(F)cc3Cl)C2=O)cc1. The molecule has 1 aliphatic heterocycles. The third-order valence-corrected chi connectivity index (χ3v) is 4.34. The first-order chi connectivity index (χ1) is 11.5. The minimum atomic E-state index is -0.611. The number of hydrogen-bond acceptors (Lipinski definition) is 2. The molecule has 2 amide bonds. The lowest BCUT2D eigenvalue weighted by Crippen LogP contribution is -2.41. The van der Waals surface area contributed by atoms with Gasteiger partial charge in [0.15, 0.2) is 0 Å². The molecule has 2 aromatic carbocycles. The first-order valence-electron chi connectivity index (χ1n) is 7.59. The average Bonchev–Trinajstić information content (AvgIpc) is 2.89. The number of carbonyl (C=O) groups is 2. The van der Waals surface area contributed by atoms with Gasteiger partial charge in [-0.2, -0.15) is 0 Å². The molecule has 0 unspecified atom stereocenters. The number of amides is 2. The van der Waals surface area contributed by atoms with E-state index in [0.29, 0.717) is 13.0 Å². The van der Waals surface area contributed by atoms with Crippen molar-refractivity contribution in [1.29, 1.82) is 0 Å². The predicted octanol–water partition coefficient (Wildman–Crippen LogP) is 3.32. The van der Waals surface area contributed by atoms with Crippen LogP contribution < -0.4 is 10.2 Å². The number of carbonyl (C=O) groups excluding carboxylic acids is 2. The Hall–Kier alpha value is -2.40. The number of benzene rings is 2. The molecule has 0 aromatic heterocycles. The summed E-state index contributed by atoms with van der Waals surface area (Å²) >= 11 is 5.89. The van der Waals surface area contributed by atoms with Gasteiger partial charge in [0.2, 0.25) is 5.91 Å². The van der Waals surface area contributed by atoms with E-state index < -0.39 is 17.8 Å². The maximum atomic E-state index is 13.1. The molecule has 124 valence electrons. The average molecular weight is 347 g/mol. The molecule has 4 nitrogen and oxygen atoms in total. The summed E-state index contributed by atoms with van der Waals surface area (Å²) < 4.78 is 13.1. The zero-order chi connectivity index (χ0) is 17.3. The summed E-state index contributed by atoms with van der Waals surface area (Å²) in [5, 5.41) is 2.70. The van der Waals surface area contributed by atoms with Gasteiger partial charge in [-0.15, -0.1) is 0 Å². The zero-order valence-electron chi connectivity index (χ0n) is 13.1. The van der Waals surface area contributed by atoms with Crippen molar-refractivity contribution in [2.24, 2.45) is 0 Å². The van der Waals surface area contributed by atoms with Crippen LogP contribution in [0, 0.1) is 12.7 Å². The standard InChI is InChI=1S/C18H16ClFN2O2/c1-11-2-5-13(6-3-11)22-9-8-16(18(22)24)21-17(23)14-7-4-12(20)10-15(14)19/h2-7,10,16H,8-9H2,1H3,(H,21,23)/t16-/m0/s1. The van der Waals surface area contributed by atoms with Crippen LogP contribution in [0.2, 0.25) is 5.02 Å². The fraction of sp³-hybridized carbons (Fsp3) is 0.222. The van der Waals surface area contributed by atoms with Crippen molar-refractivity contribution < 1.29 is 14.0 Å². The number of rotatable bonds is 3. The molecule has 0 saturated carbocycles. The summed E-state index contributed by atoms with van der Waals surface area (Å²) in [7, 11) is 0. The normalized spacial score (nSPS) is 17.2. The minimum absolute atomic E-state index is 0.0216. The Kier molecular flexibility index (Phi) is 4.53. The third kappa shape index (κ3) is 3.26. The number of aryl methyl sites for hydroxylation is 1. The van der Waals surface area contributed by atoms with Crippen LogP contribution in [0.1, 0.15) is 22.3 Å². The number of nitrogens with one attached hydrogen (secondary N) is 1. The molecular formula is C18H16ClFN2O2. The van der Waals surface area contributed by atoms with Gasteiger partial charge in [-0.05, 0) is 43.7 Å². The molecule has 0 radical (unpaired) electrons. The van der Waals surface area contributed by atoms with Gasteiger partial charge in [0.25, 0.3) is 5.91 Å². The van der Waals surface area contributed by atoms with Crippen LogP contribution in [0.3, 0.4) is 0 Å². The van der Waals surface area contributed by atoms with Gasteiger partial charge in [-0.1, -0.05) is 29.3 Å². The summed E-state index contributed by atoms with van der Waals surface area (Å²) in [4.78, 5) is 26.4. The van der Waals surface area contributed by atoms with Gasteiger partial charge in [-0.25, -0.2) is 4.39 Å².